The monoisotopic (exact) mass is 396 g/mol. The summed E-state index contributed by atoms with van der Waals surface area (Å²) in [5, 5.41) is 15.2. The molecule has 0 saturated heterocycles. The molecule has 9 heteroatoms. The Kier molecular flexibility index (Phi) is 7.86. The largest absolute Gasteiger partial charge is 0.497 e. The van der Waals surface area contributed by atoms with Crippen LogP contribution in [0.3, 0.4) is 0 Å². The average molecular weight is 396 g/mol. The number of carboxylic acids is 1. The van der Waals surface area contributed by atoms with E-state index in [4.69, 9.17) is 14.4 Å². The molecule has 0 bridgehead atoms. The number of rotatable bonds is 10. The van der Waals surface area contributed by atoms with Crippen LogP contribution in [0.1, 0.15) is 22.5 Å². The molecular weight excluding hydrogens is 376 g/mol. The lowest BCUT2D eigenvalue weighted by molar-refractivity contribution is -0.136. The van der Waals surface area contributed by atoms with E-state index in [0.29, 0.717) is 29.4 Å². The summed E-state index contributed by atoms with van der Waals surface area (Å²) in [5.41, 5.74) is 1.76. The first-order valence-electron chi connectivity index (χ1n) is 7.88. The maximum Gasteiger partial charge on any atom is 0.304 e. The highest BCUT2D eigenvalue weighted by Crippen LogP contribution is 2.27. The third-order valence-corrected chi connectivity index (χ3v) is 5.85. The number of nitrogens with one attached hydrogen (secondary N) is 1. The molecule has 1 aromatic heterocycles. The first-order chi connectivity index (χ1) is 12.5. The minimum Gasteiger partial charge on any atom is -0.497 e. The number of hydrogen-bond donors (Lipinski definition) is 2. The second-order valence-corrected chi connectivity index (χ2v) is 7.96. The fourth-order valence-electron chi connectivity index (χ4n) is 2.10. The number of hydrogen-bond acceptors (Lipinski definition) is 7. The van der Waals surface area contributed by atoms with Gasteiger partial charge in [0.1, 0.15) is 5.75 Å². The first kappa shape index (κ1) is 20.2. The van der Waals surface area contributed by atoms with Crippen molar-refractivity contribution in [2.75, 3.05) is 25.2 Å². The Hall–Kier alpha value is -2.13. The molecule has 1 amide bonds. The molecule has 0 fully saturated rings. The van der Waals surface area contributed by atoms with Gasteiger partial charge >= 0.3 is 5.97 Å². The number of amides is 1. The number of methoxy groups -OCH3 is 1. The van der Waals surface area contributed by atoms with Gasteiger partial charge in [-0.05, 0) is 31.2 Å². The summed E-state index contributed by atoms with van der Waals surface area (Å²) >= 11 is 0. The lowest BCUT2D eigenvalue weighted by atomic mass is 10.1. The Balaban J connectivity index is 1.84. The molecule has 0 saturated carbocycles. The van der Waals surface area contributed by atoms with Gasteiger partial charge < -0.3 is 19.7 Å². The second-order valence-electron chi connectivity index (χ2n) is 5.26. The quantitative estimate of drug-likeness (QED) is 0.466. The Morgan fingerprint density at radius 3 is 2.58 bits per heavy atom. The van der Waals surface area contributed by atoms with Crippen molar-refractivity contribution < 1.29 is 24.0 Å². The van der Waals surface area contributed by atoms with Gasteiger partial charge in [0.2, 0.25) is 0 Å². The Labute approximate surface area is 159 Å². The van der Waals surface area contributed by atoms with Crippen molar-refractivity contribution in [2.45, 2.75) is 13.3 Å². The van der Waals surface area contributed by atoms with Crippen molar-refractivity contribution in [3.05, 3.63) is 35.5 Å². The van der Waals surface area contributed by atoms with Crippen LogP contribution < -0.4 is 10.1 Å². The molecular formula is C17H20N2O5S2. The molecule has 0 aliphatic heterocycles. The summed E-state index contributed by atoms with van der Waals surface area (Å²) in [6, 6.07) is 7.32. The van der Waals surface area contributed by atoms with E-state index in [1.165, 1.54) is 21.6 Å². The van der Waals surface area contributed by atoms with Crippen molar-refractivity contribution in [1.82, 2.24) is 10.5 Å². The van der Waals surface area contributed by atoms with E-state index in [2.05, 4.69) is 10.5 Å². The Bertz CT molecular complexity index is 746. The van der Waals surface area contributed by atoms with Gasteiger partial charge in [-0.3, -0.25) is 9.59 Å². The third kappa shape index (κ3) is 5.70. The van der Waals surface area contributed by atoms with Crippen molar-refractivity contribution in [2.24, 2.45) is 0 Å². The zero-order chi connectivity index (χ0) is 18.9. The molecule has 0 aliphatic carbocycles. The molecule has 0 aliphatic rings. The van der Waals surface area contributed by atoms with E-state index < -0.39 is 5.97 Å². The summed E-state index contributed by atoms with van der Waals surface area (Å²) in [6.07, 6.45) is 0.135. The summed E-state index contributed by atoms with van der Waals surface area (Å²) < 4.78 is 10.5. The van der Waals surface area contributed by atoms with E-state index in [1.54, 1.807) is 14.0 Å². The zero-order valence-electron chi connectivity index (χ0n) is 14.5. The summed E-state index contributed by atoms with van der Waals surface area (Å²) in [5.74, 6) is 1.42. The van der Waals surface area contributed by atoms with E-state index >= 15 is 0 Å². The highest BCUT2D eigenvalue weighted by Gasteiger charge is 2.19. The SMILES string of the molecule is COc1ccc(-c2onc(C(=O)NCCSSCCC(=O)O)c2C)cc1. The Morgan fingerprint density at radius 2 is 1.92 bits per heavy atom. The summed E-state index contributed by atoms with van der Waals surface area (Å²) in [7, 11) is 4.60. The maximum atomic E-state index is 12.2. The predicted octanol–water partition coefficient (Wildman–Crippen LogP) is 3.24. The van der Waals surface area contributed by atoms with Crippen LogP contribution in [0.5, 0.6) is 5.75 Å². The van der Waals surface area contributed by atoms with Crippen LogP contribution in [-0.4, -0.2) is 47.3 Å². The number of carbonyl (C=O) groups excluding carboxylic acids is 1. The van der Waals surface area contributed by atoms with Crippen LogP contribution in [0.15, 0.2) is 28.8 Å². The van der Waals surface area contributed by atoms with Gasteiger partial charge in [-0.25, -0.2) is 0 Å². The van der Waals surface area contributed by atoms with Gasteiger partial charge in [-0.15, -0.1) is 0 Å². The predicted molar refractivity (Wildman–Crippen MR) is 103 cm³/mol. The van der Waals surface area contributed by atoms with Gasteiger partial charge in [0.25, 0.3) is 5.91 Å². The van der Waals surface area contributed by atoms with Crippen molar-refractivity contribution in [3.63, 3.8) is 0 Å². The molecule has 7 nitrogen and oxygen atoms in total. The number of carbonyl (C=O) groups is 2. The Morgan fingerprint density at radius 1 is 1.23 bits per heavy atom. The van der Waals surface area contributed by atoms with Crippen molar-refractivity contribution in [3.8, 4) is 17.1 Å². The lowest BCUT2D eigenvalue weighted by Gasteiger charge is -2.03. The normalized spacial score (nSPS) is 10.5. The van der Waals surface area contributed by atoms with Crippen molar-refractivity contribution >= 4 is 33.5 Å². The lowest BCUT2D eigenvalue weighted by Crippen LogP contribution is -2.26. The molecule has 1 aromatic carbocycles. The summed E-state index contributed by atoms with van der Waals surface area (Å²) in [4.78, 5) is 22.6. The minimum absolute atomic E-state index is 0.135. The number of aromatic nitrogens is 1. The molecule has 2 rings (SSSR count). The molecule has 140 valence electrons. The zero-order valence-corrected chi connectivity index (χ0v) is 16.1. The molecule has 2 N–H and O–H groups in total. The second kappa shape index (κ2) is 10.1. The summed E-state index contributed by atoms with van der Waals surface area (Å²) in [6.45, 7) is 2.26. The molecule has 0 atom stereocenters. The maximum absolute atomic E-state index is 12.2. The van der Waals surface area contributed by atoms with Crippen molar-refractivity contribution in [1.29, 1.82) is 0 Å². The molecule has 0 unspecified atom stereocenters. The van der Waals surface area contributed by atoms with E-state index in [0.717, 1.165) is 11.3 Å². The van der Waals surface area contributed by atoms with Crippen LogP contribution in [0.2, 0.25) is 0 Å². The number of aliphatic carboxylic acids is 1. The number of nitrogens with zero attached hydrogens (tertiary/aromatic N) is 1. The van der Waals surface area contributed by atoms with Crippen LogP contribution in [0, 0.1) is 6.92 Å². The molecule has 0 spiro atoms. The van der Waals surface area contributed by atoms with E-state index in [1.807, 2.05) is 24.3 Å². The van der Waals surface area contributed by atoms with Gasteiger partial charge in [0.15, 0.2) is 11.5 Å². The average Bonchev–Trinajstić information content (AvgIpc) is 3.02. The standard InChI is InChI=1S/C17H20N2O5S2/c1-11-15(17(22)18-8-10-26-25-9-7-14(20)21)19-24-16(11)12-3-5-13(23-2)6-4-12/h3-6H,7-10H2,1-2H3,(H,18,22)(H,20,21). The van der Waals surface area contributed by atoms with Gasteiger partial charge in [-0.2, -0.15) is 0 Å². The molecule has 0 radical (unpaired) electrons. The van der Waals surface area contributed by atoms with Crippen LogP contribution in [0.4, 0.5) is 0 Å². The van der Waals surface area contributed by atoms with Crippen LogP contribution in [-0.2, 0) is 4.79 Å². The van der Waals surface area contributed by atoms with E-state index in [-0.39, 0.29) is 18.0 Å². The fraction of sp³-hybridized carbons (Fsp3) is 0.353. The first-order valence-corrected chi connectivity index (χ1v) is 10.4. The number of carboxylic acid groups (broad SMARTS) is 1. The van der Waals surface area contributed by atoms with E-state index in [9.17, 15) is 9.59 Å². The number of benzene rings is 1. The minimum atomic E-state index is -0.805. The van der Waals surface area contributed by atoms with Crippen LogP contribution >= 0.6 is 21.6 Å². The van der Waals surface area contributed by atoms with Gasteiger partial charge in [-0.1, -0.05) is 26.7 Å². The molecule has 2 aromatic rings. The third-order valence-electron chi connectivity index (χ3n) is 3.44. The van der Waals surface area contributed by atoms with Gasteiger partial charge in [0, 0.05) is 29.2 Å². The fourth-order valence-corrected chi connectivity index (χ4v) is 3.98. The highest BCUT2D eigenvalue weighted by molar-refractivity contribution is 8.76. The smallest absolute Gasteiger partial charge is 0.304 e. The molecule has 26 heavy (non-hydrogen) atoms. The number of ether oxygens (including phenoxy) is 1. The highest BCUT2D eigenvalue weighted by atomic mass is 33.1. The van der Waals surface area contributed by atoms with Gasteiger partial charge in [0.05, 0.1) is 13.5 Å². The van der Waals surface area contributed by atoms with Crippen LogP contribution in [0.25, 0.3) is 11.3 Å². The molecule has 1 heterocycles. The topological polar surface area (TPSA) is 102 Å².